The van der Waals surface area contributed by atoms with Crippen molar-refractivity contribution < 1.29 is 9.50 Å². The molecule has 3 unspecified atom stereocenters. The third kappa shape index (κ3) is 3.28. The summed E-state index contributed by atoms with van der Waals surface area (Å²) in [4.78, 5) is 2.13. The van der Waals surface area contributed by atoms with Gasteiger partial charge in [-0.1, -0.05) is 18.2 Å². The zero-order valence-electron chi connectivity index (χ0n) is 10.7. The van der Waals surface area contributed by atoms with Crippen LogP contribution in [0.2, 0.25) is 0 Å². The average Bonchev–Trinajstić information content (AvgIpc) is 2.31. The van der Waals surface area contributed by atoms with Gasteiger partial charge in [-0.3, -0.25) is 4.90 Å². The highest BCUT2D eigenvalue weighted by atomic mass is 19.1. The fourth-order valence-corrected chi connectivity index (χ4v) is 2.62. The lowest BCUT2D eigenvalue weighted by atomic mass is 9.90. The van der Waals surface area contributed by atoms with E-state index in [4.69, 9.17) is 5.73 Å². The normalized spacial score (nSPS) is 27.1. The van der Waals surface area contributed by atoms with E-state index in [-0.39, 0.29) is 23.9 Å². The fraction of sp³-hybridized carbons (Fsp3) is 0.571. The SMILES string of the molecule is CC(O)C1CC(N)CN(Cc2ccccc2F)C1. The second-order valence-electron chi connectivity index (χ2n) is 5.28. The lowest BCUT2D eigenvalue weighted by Gasteiger charge is -2.37. The molecule has 0 aliphatic carbocycles. The van der Waals surface area contributed by atoms with Crippen molar-refractivity contribution >= 4 is 0 Å². The van der Waals surface area contributed by atoms with Gasteiger partial charge in [0.25, 0.3) is 0 Å². The topological polar surface area (TPSA) is 49.5 Å². The molecule has 0 bridgehead atoms. The molecule has 2 rings (SSSR count). The predicted octanol–water partition coefficient (Wildman–Crippen LogP) is 1.36. The van der Waals surface area contributed by atoms with Crippen LogP contribution in [-0.2, 0) is 6.54 Å². The van der Waals surface area contributed by atoms with Crippen LogP contribution in [0, 0.1) is 11.7 Å². The smallest absolute Gasteiger partial charge is 0.127 e. The largest absolute Gasteiger partial charge is 0.393 e. The highest BCUT2D eigenvalue weighted by molar-refractivity contribution is 5.17. The number of nitrogens with two attached hydrogens (primary N) is 1. The van der Waals surface area contributed by atoms with Crippen LogP contribution < -0.4 is 5.73 Å². The standard InChI is InChI=1S/C14H21FN2O/c1-10(18)12-6-13(16)9-17(8-12)7-11-4-2-3-5-14(11)15/h2-5,10,12-13,18H,6-9,16H2,1H3. The molecule has 18 heavy (non-hydrogen) atoms. The van der Waals surface area contributed by atoms with Crippen molar-refractivity contribution in [3.8, 4) is 0 Å². The Balaban J connectivity index is 2.03. The van der Waals surface area contributed by atoms with Gasteiger partial charge >= 0.3 is 0 Å². The van der Waals surface area contributed by atoms with Crippen molar-refractivity contribution in [1.29, 1.82) is 0 Å². The summed E-state index contributed by atoms with van der Waals surface area (Å²) in [6.45, 7) is 3.89. The van der Waals surface area contributed by atoms with Crippen molar-refractivity contribution in [3.05, 3.63) is 35.6 Å². The van der Waals surface area contributed by atoms with Crippen LogP contribution in [0.3, 0.4) is 0 Å². The number of piperidine rings is 1. The molecule has 3 N–H and O–H groups in total. The molecule has 0 spiro atoms. The second-order valence-corrected chi connectivity index (χ2v) is 5.28. The van der Waals surface area contributed by atoms with Crippen LogP contribution in [0.1, 0.15) is 18.9 Å². The van der Waals surface area contributed by atoms with Crippen molar-refractivity contribution in [2.75, 3.05) is 13.1 Å². The quantitative estimate of drug-likeness (QED) is 0.854. The molecule has 0 aromatic heterocycles. The van der Waals surface area contributed by atoms with Crippen LogP contribution in [0.5, 0.6) is 0 Å². The van der Waals surface area contributed by atoms with Gasteiger partial charge in [0, 0.05) is 31.2 Å². The monoisotopic (exact) mass is 252 g/mol. The molecule has 100 valence electrons. The van der Waals surface area contributed by atoms with Gasteiger partial charge in [-0.05, 0) is 25.3 Å². The Kier molecular flexibility index (Phi) is 4.32. The van der Waals surface area contributed by atoms with E-state index in [9.17, 15) is 9.50 Å². The van der Waals surface area contributed by atoms with Gasteiger partial charge in [0.05, 0.1) is 6.10 Å². The van der Waals surface area contributed by atoms with E-state index in [1.54, 1.807) is 19.1 Å². The number of nitrogens with zero attached hydrogens (tertiary/aromatic N) is 1. The number of benzene rings is 1. The second kappa shape index (κ2) is 5.78. The molecule has 1 heterocycles. The molecule has 1 aliphatic rings. The Bertz CT molecular complexity index is 397. The third-order valence-electron chi connectivity index (χ3n) is 3.62. The van der Waals surface area contributed by atoms with Crippen molar-refractivity contribution in [2.45, 2.75) is 32.0 Å². The molecule has 4 heteroatoms. The first kappa shape index (κ1) is 13.5. The summed E-state index contributed by atoms with van der Waals surface area (Å²) >= 11 is 0. The van der Waals surface area contributed by atoms with Crippen LogP contribution in [0.15, 0.2) is 24.3 Å². The number of halogens is 1. The molecular formula is C14H21FN2O. The third-order valence-corrected chi connectivity index (χ3v) is 3.62. The van der Waals surface area contributed by atoms with E-state index in [2.05, 4.69) is 4.90 Å². The van der Waals surface area contributed by atoms with E-state index in [0.29, 0.717) is 12.1 Å². The summed E-state index contributed by atoms with van der Waals surface area (Å²) in [5.74, 6) is 0.00534. The average molecular weight is 252 g/mol. The molecule has 1 aliphatic heterocycles. The molecule has 0 radical (unpaired) electrons. The Morgan fingerprint density at radius 1 is 1.44 bits per heavy atom. The Morgan fingerprint density at radius 3 is 2.83 bits per heavy atom. The summed E-state index contributed by atoms with van der Waals surface area (Å²) in [7, 11) is 0. The van der Waals surface area contributed by atoms with Gasteiger partial charge in [-0.25, -0.2) is 4.39 Å². The van der Waals surface area contributed by atoms with E-state index >= 15 is 0 Å². The predicted molar refractivity (Wildman–Crippen MR) is 69.4 cm³/mol. The van der Waals surface area contributed by atoms with Gasteiger partial charge < -0.3 is 10.8 Å². The molecular weight excluding hydrogens is 231 g/mol. The number of aliphatic hydroxyl groups excluding tert-OH is 1. The Hall–Kier alpha value is -0.970. The van der Waals surface area contributed by atoms with Crippen LogP contribution >= 0.6 is 0 Å². The molecule has 1 aromatic rings. The highest BCUT2D eigenvalue weighted by Gasteiger charge is 2.28. The molecule has 0 amide bonds. The van der Waals surface area contributed by atoms with Gasteiger partial charge in [-0.2, -0.15) is 0 Å². The number of hydrogen-bond acceptors (Lipinski definition) is 3. The number of hydrogen-bond donors (Lipinski definition) is 2. The maximum Gasteiger partial charge on any atom is 0.127 e. The minimum Gasteiger partial charge on any atom is -0.393 e. The maximum absolute atomic E-state index is 13.6. The lowest BCUT2D eigenvalue weighted by molar-refractivity contribution is 0.0512. The fourth-order valence-electron chi connectivity index (χ4n) is 2.62. The van der Waals surface area contributed by atoms with Gasteiger partial charge in [0.1, 0.15) is 5.82 Å². The molecule has 1 aromatic carbocycles. The van der Waals surface area contributed by atoms with Crippen molar-refractivity contribution in [2.24, 2.45) is 11.7 Å². The van der Waals surface area contributed by atoms with E-state index in [1.165, 1.54) is 6.07 Å². The zero-order valence-corrected chi connectivity index (χ0v) is 10.7. The van der Waals surface area contributed by atoms with E-state index in [0.717, 1.165) is 19.5 Å². The summed E-state index contributed by atoms with van der Waals surface area (Å²) in [6.07, 6.45) is 0.477. The summed E-state index contributed by atoms with van der Waals surface area (Å²) in [5, 5.41) is 9.68. The molecule has 3 nitrogen and oxygen atoms in total. The highest BCUT2D eigenvalue weighted by Crippen LogP contribution is 2.21. The maximum atomic E-state index is 13.6. The minimum atomic E-state index is -0.362. The van der Waals surface area contributed by atoms with E-state index < -0.39 is 0 Å². The first-order valence-corrected chi connectivity index (χ1v) is 6.45. The number of likely N-dealkylation sites (tertiary alicyclic amines) is 1. The van der Waals surface area contributed by atoms with Crippen molar-refractivity contribution in [3.63, 3.8) is 0 Å². The Labute approximate surface area is 107 Å². The van der Waals surface area contributed by atoms with Crippen LogP contribution in [0.25, 0.3) is 0 Å². The van der Waals surface area contributed by atoms with Crippen molar-refractivity contribution in [1.82, 2.24) is 4.90 Å². The van der Waals surface area contributed by atoms with Crippen LogP contribution in [-0.4, -0.2) is 35.2 Å². The first-order chi connectivity index (χ1) is 8.56. The summed E-state index contributed by atoms with van der Waals surface area (Å²) in [5.41, 5.74) is 6.69. The zero-order chi connectivity index (χ0) is 13.1. The summed E-state index contributed by atoms with van der Waals surface area (Å²) in [6, 6.07) is 6.87. The number of rotatable bonds is 3. The van der Waals surface area contributed by atoms with Gasteiger partial charge in [-0.15, -0.1) is 0 Å². The molecule has 1 fully saturated rings. The van der Waals surface area contributed by atoms with Gasteiger partial charge in [0.15, 0.2) is 0 Å². The lowest BCUT2D eigenvalue weighted by Crippen LogP contribution is -2.49. The molecule has 1 saturated heterocycles. The minimum absolute atomic E-state index is 0.0603. The van der Waals surface area contributed by atoms with E-state index in [1.807, 2.05) is 6.07 Å². The molecule has 0 saturated carbocycles. The Morgan fingerprint density at radius 2 is 2.17 bits per heavy atom. The molecule has 3 atom stereocenters. The summed E-state index contributed by atoms with van der Waals surface area (Å²) < 4.78 is 13.6. The van der Waals surface area contributed by atoms with Crippen LogP contribution in [0.4, 0.5) is 4.39 Å². The number of aliphatic hydroxyl groups is 1. The van der Waals surface area contributed by atoms with Gasteiger partial charge in [0.2, 0.25) is 0 Å². The first-order valence-electron chi connectivity index (χ1n) is 6.45.